The number of hydrogen-bond donors (Lipinski definition) is 1. The van der Waals surface area contributed by atoms with Crippen molar-refractivity contribution < 1.29 is 4.79 Å². The number of amides is 1. The van der Waals surface area contributed by atoms with Crippen LogP contribution in [0.4, 0.5) is 0 Å². The van der Waals surface area contributed by atoms with E-state index in [1.165, 1.54) is 12.8 Å². The summed E-state index contributed by atoms with van der Waals surface area (Å²) in [6, 6.07) is 8.71. The summed E-state index contributed by atoms with van der Waals surface area (Å²) in [6.07, 6.45) is 10.1. The summed E-state index contributed by atoms with van der Waals surface area (Å²) in [4.78, 5) is 19.2. The first kappa shape index (κ1) is 19.8. The number of aromatic nitrogens is 2. The number of rotatable bonds is 5. The van der Waals surface area contributed by atoms with Gasteiger partial charge < -0.3 is 14.8 Å². The predicted octanol–water partition coefficient (Wildman–Crippen LogP) is 3.07. The smallest absolute Gasteiger partial charge is 0.254 e. The maximum atomic E-state index is 13.0. The van der Waals surface area contributed by atoms with Crippen LogP contribution in [0.5, 0.6) is 0 Å². The molecule has 5 nitrogen and oxygen atoms in total. The third-order valence-corrected chi connectivity index (χ3v) is 4.72. The average molecular weight is 383 g/mol. The second-order valence-electron chi connectivity index (χ2n) is 6.50. The van der Waals surface area contributed by atoms with Gasteiger partial charge in [-0.15, -0.1) is 24.8 Å². The van der Waals surface area contributed by atoms with Crippen LogP contribution in [0.25, 0.3) is 5.69 Å². The lowest BCUT2D eigenvalue weighted by atomic mass is 10.1. The van der Waals surface area contributed by atoms with Gasteiger partial charge in [0.2, 0.25) is 0 Å². The van der Waals surface area contributed by atoms with Crippen molar-refractivity contribution >= 4 is 30.7 Å². The Bertz CT molecular complexity index is 682. The second-order valence-corrected chi connectivity index (χ2v) is 6.50. The van der Waals surface area contributed by atoms with E-state index in [-0.39, 0.29) is 30.7 Å². The quantitative estimate of drug-likeness (QED) is 0.864. The van der Waals surface area contributed by atoms with Gasteiger partial charge in [0.1, 0.15) is 0 Å². The molecule has 1 aromatic heterocycles. The number of carbonyl (C=O) groups excluding carboxylic acids is 1. The summed E-state index contributed by atoms with van der Waals surface area (Å²) in [5, 5.41) is 3.50. The van der Waals surface area contributed by atoms with Crippen molar-refractivity contribution in [2.24, 2.45) is 0 Å². The zero-order chi connectivity index (χ0) is 15.6. The monoisotopic (exact) mass is 382 g/mol. The lowest BCUT2D eigenvalue weighted by Gasteiger charge is -2.26. The molecule has 1 N–H and O–H groups in total. The van der Waals surface area contributed by atoms with E-state index in [2.05, 4.69) is 15.2 Å². The Labute approximate surface area is 160 Å². The lowest BCUT2D eigenvalue weighted by Crippen LogP contribution is -2.42. The number of hydrogen-bond acceptors (Lipinski definition) is 3. The van der Waals surface area contributed by atoms with Crippen LogP contribution in [0.15, 0.2) is 43.0 Å². The zero-order valence-corrected chi connectivity index (χ0v) is 15.6. The maximum absolute atomic E-state index is 13.0. The summed E-state index contributed by atoms with van der Waals surface area (Å²) >= 11 is 0. The molecule has 2 heterocycles. The molecule has 2 aliphatic rings. The standard InChI is InChI=1S/C18H22N4O.2ClH/c23-18(22(16-6-7-16)12-15-4-2-8-20-15)14-3-1-5-17(11-14)21-10-9-19-13-21;;/h1,3,5,9-11,13,15-16,20H,2,4,6-8,12H2;2*1H. The highest BCUT2D eigenvalue weighted by Crippen LogP contribution is 2.29. The van der Waals surface area contributed by atoms with Crippen LogP contribution in [0.3, 0.4) is 0 Å². The number of benzene rings is 1. The van der Waals surface area contributed by atoms with Gasteiger partial charge in [-0.25, -0.2) is 4.98 Å². The van der Waals surface area contributed by atoms with E-state index in [1.54, 1.807) is 12.5 Å². The minimum atomic E-state index is 0. The summed E-state index contributed by atoms with van der Waals surface area (Å²) < 4.78 is 1.93. The number of nitrogens with one attached hydrogen (secondary N) is 1. The fraction of sp³-hybridized carbons (Fsp3) is 0.444. The van der Waals surface area contributed by atoms with Gasteiger partial charge in [-0.05, 0) is 50.4 Å². The van der Waals surface area contributed by atoms with Crippen molar-refractivity contribution in [2.45, 2.75) is 37.8 Å². The van der Waals surface area contributed by atoms with Gasteiger partial charge in [-0.1, -0.05) is 6.07 Å². The number of nitrogens with zero attached hydrogens (tertiary/aromatic N) is 3. The molecule has 7 heteroatoms. The molecule has 1 amide bonds. The largest absolute Gasteiger partial charge is 0.334 e. The van der Waals surface area contributed by atoms with Crippen LogP contribution in [-0.2, 0) is 0 Å². The van der Waals surface area contributed by atoms with E-state index in [0.29, 0.717) is 12.1 Å². The van der Waals surface area contributed by atoms with Crippen LogP contribution in [0.1, 0.15) is 36.0 Å². The van der Waals surface area contributed by atoms with Crippen molar-refractivity contribution in [3.63, 3.8) is 0 Å². The van der Waals surface area contributed by atoms with Gasteiger partial charge in [0.15, 0.2) is 0 Å². The summed E-state index contributed by atoms with van der Waals surface area (Å²) in [5.74, 6) is 0.156. The molecule has 1 atom stereocenters. The summed E-state index contributed by atoms with van der Waals surface area (Å²) in [5.41, 5.74) is 1.74. The molecule has 0 bridgehead atoms. The van der Waals surface area contributed by atoms with Crippen LogP contribution in [0.2, 0.25) is 0 Å². The zero-order valence-electron chi connectivity index (χ0n) is 14.0. The Kier molecular flexibility index (Phi) is 6.87. The van der Waals surface area contributed by atoms with Gasteiger partial charge in [-0.2, -0.15) is 0 Å². The second kappa shape index (κ2) is 8.70. The first-order valence-electron chi connectivity index (χ1n) is 8.44. The van der Waals surface area contributed by atoms with Crippen molar-refractivity contribution in [3.8, 4) is 5.69 Å². The summed E-state index contributed by atoms with van der Waals surface area (Å²) in [7, 11) is 0. The van der Waals surface area contributed by atoms with Crippen molar-refractivity contribution in [1.82, 2.24) is 19.8 Å². The highest BCUT2D eigenvalue weighted by molar-refractivity contribution is 5.95. The van der Waals surface area contributed by atoms with Crippen molar-refractivity contribution in [3.05, 3.63) is 48.5 Å². The van der Waals surface area contributed by atoms with E-state index in [0.717, 1.165) is 37.2 Å². The molecule has 2 aromatic rings. The lowest BCUT2D eigenvalue weighted by molar-refractivity contribution is 0.0728. The molecule has 1 aliphatic heterocycles. The first-order chi connectivity index (χ1) is 11.3. The Morgan fingerprint density at radius 2 is 2.12 bits per heavy atom. The Balaban J connectivity index is 0.00000113. The molecule has 1 saturated heterocycles. The van der Waals surface area contributed by atoms with Gasteiger partial charge in [0.25, 0.3) is 5.91 Å². The van der Waals surface area contributed by atoms with E-state index < -0.39 is 0 Å². The van der Waals surface area contributed by atoms with Crippen LogP contribution in [-0.4, -0.2) is 45.5 Å². The minimum absolute atomic E-state index is 0. The number of halogens is 2. The number of carbonyl (C=O) groups is 1. The van der Waals surface area contributed by atoms with E-state index in [9.17, 15) is 4.79 Å². The van der Waals surface area contributed by atoms with Crippen molar-refractivity contribution in [1.29, 1.82) is 0 Å². The van der Waals surface area contributed by atoms with Gasteiger partial charge in [0.05, 0.1) is 6.33 Å². The molecular weight excluding hydrogens is 359 g/mol. The van der Waals surface area contributed by atoms with E-state index in [4.69, 9.17) is 0 Å². The molecular formula is C18H24Cl2N4O. The fourth-order valence-electron chi connectivity index (χ4n) is 3.31. The molecule has 0 radical (unpaired) electrons. The van der Waals surface area contributed by atoms with Crippen molar-refractivity contribution in [2.75, 3.05) is 13.1 Å². The topological polar surface area (TPSA) is 50.2 Å². The van der Waals surface area contributed by atoms with Gasteiger partial charge in [-0.3, -0.25) is 4.79 Å². The number of imidazole rings is 1. The highest BCUT2D eigenvalue weighted by atomic mass is 35.5. The average Bonchev–Trinajstić information content (AvgIpc) is 3.05. The molecule has 4 rings (SSSR count). The highest BCUT2D eigenvalue weighted by Gasteiger charge is 2.35. The third kappa shape index (κ3) is 4.54. The normalized spacial score (nSPS) is 19.0. The first-order valence-corrected chi connectivity index (χ1v) is 8.44. The molecule has 136 valence electrons. The Morgan fingerprint density at radius 3 is 2.76 bits per heavy atom. The SMILES string of the molecule is Cl.Cl.O=C(c1cccc(-n2ccnc2)c1)N(CC1CCCN1)C1CC1. The van der Waals surface area contributed by atoms with E-state index >= 15 is 0 Å². The molecule has 1 unspecified atom stereocenters. The fourth-order valence-corrected chi connectivity index (χ4v) is 3.31. The maximum Gasteiger partial charge on any atom is 0.254 e. The molecule has 2 fully saturated rings. The molecule has 1 aliphatic carbocycles. The Morgan fingerprint density at radius 1 is 1.28 bits per heavy atom. The predicted molar refractivity (Wildman–Crippen MR) is 103 cm³/mol. The molecule has 0 spiro atoms. The van der Waals surface area contributed by atoms with Gasteiger partial charge >= 0.3 is 0 Å². The van der Waals surface area contributed by atoms with Crippen LogP contribution in [0, 0.1) is 0 Å². The van der Waals surface area contributed by atoms with E-state index in [1.807, 2.05) is 35.0 Å². The van der Waals surface area contributed by atoms with Crippen LogP contribution >= 0.6 is 24.8 Å². The van der Waals surface area contributed by atoms with Gasteiger partial charge in [0, 0.05) is 42.3 Å². The van der Waals surface area contributed by atoms with Crippen LogP contribution < -0.4 is 5.32 Å². The molecule has 1 saturated carbocycles. The molecule has 1 aromatic carbocycles. The summed E-state index contributed by atoms with van der Waals surface area (Å²) in [6.45, 7) is 1.91. The third-order valence-electron chi connectivity index (χ3n) is 4.72. The Hall–Kier alpha value is -1.56. The minimum Gasteiger partial charge on any atom is -0.334 e. The molecule has 25 heavy (non-hydrogen) atoms.